The minimum absolute atomic E-state index is 0.157. The molecule has 0 amide bonds. The summed E-state index contributed by atoms with van der Waals surface area (Å²) in [5.41, 5.74) is 1.53. The second-order valence-electron chi connectivity index (χ2n) is 10.4. The van der Waals surface area contributed by atoms with E-state index in [0.717, 1.165) is 49.2 Å². The highest BCUT2D eigenvalue weighted by molar-refractivity contribution is 6.30. The van der Waals surface area contributed by atoms with Crippen LogP contribution < -0.4 is 9.80 Å². The third-order valence-electron chi connectivity index (χ3n) is 7.48. The van der Waals surface area contributed by atoms with Crippen molar-refractivity contribution in [2.24, 2.45) is 5.41 Å². The molecule has 3 fully saturated rings. The molecule has 178 valence electrons. The van der Waals surface area contributed by atoms with Gasteiger partial charge in [0.25, 0.3) is 0 Å². The summed E-state index contributed by atoms with van der Waals surface area (Å²) in [4.78, 5) is 15.1. The average molecular weight is 492 g/mol. The fourth-order valence-electron chi connectivity index (χ4n) is 5.64. The molecule has 1 spiro atoms. The third-order valence-corrected chi connectivity index (χ3v) is 7.72. The second-order valence-corrected chi connectivity index (χ2v) is 10.8. The van der Waals surface area contributed by atoms with Gasteiger partial charge in [0.05, 0.1) is 12.2 Å². The molecule has 0 atom stereocenters. The summed E-state index contributed by atoms with van der Waals surface area (Å²) < 4.78 is 16.7. The Morgan fingerprint density at radius 3 is 2.63 bits per heavy atom. The number of alkyl halides is 1. The Labute approximate surface area is 206 Å². The summed E-state index contributed by atoms with van der Waals surface area (Å²) in [7, 11) is 0. The van der Waals surface area contributed by atoms with E-state index in [1.54, 1.807) is 12.3 Å². The van der Waals surface area contributed by atoms with Crippen molar-refractivity contribution in [2.75, 3.05) is 42.5 Å². The molecule has 1 aliphatic carbocycles. The lowest BCUT2D eigenvalue weighted by atomic mass is 9.73. The number of rotatable bonds is 4. The van der Waals surface area contributed by atoms with Crippen molar-refractivity contribution >= 4 is 23.5 Å². The molecule has 0 radical (unpaired) electrons. The van der Waals surface area contributed by atoms with Gasteiger partial charge in [-0.2, -0.15) is 5.26 Å². The lowest BCUT2D eigenvalue weighted by Crippen LogP contribution is -2.73. The largest absolute Gasteiger partial charge is 0.339 e. The quantitative estimate of drug-likeness (QED) is 0.550. The van der Waals surface area contributed by atoms with Gasteiger partial charge in [-0.25, -0.2) is 14.4 Å². The van der Waals surface area contributed by atoms with Crippen molar-refractivity contribution in [1.82, 2.24) is 29.6 Å². The number of nitrogens with zero attached hydrogens (tertiary/aromatic N) is 9. The third kappa shape index (κ3) is 3.53. The summed E-state index contributed by atoms with van der Waals surface area (Å²) >= 11 is 6.34. The first-order valence-corrected chi connectivity index (χ1v) is 12.2. The van der Waals surface area contributed by atoms with Gasteiger partial charge in [-0.3, -0.25) is 9.47 Å². The highest BCUT2D eigenvalue weighted by atomic mass is 35.5. The summed E-state index contributed by atoms with van der Waals surface area (Å²) in [6, 6.07) is 9.56. The van der Waals surface area contributed by atoms with Crippen molar-refractivity contribution in [2.45, 2.75) is 31.6 Å². The maximum absolute atomic E-state index is 14.6. The van der Waals surface area contributed by atoms with Crippen LogP contribution in [0.1, 0.15) is 29.9 Å². The van der Waals surface area contributed by atoms with Gasteiger partial charge >= 0.3 is 0 Å². The molecular formula is C24H23ClFN9. The number of nitriles is 1. The van der Waals surface area contributed by atoms with E-state index >= 15 is 0 Å². The van der Waals surface area contributed by atoms with Crippen LogP contribution in [0.15, 0.2) is 30.5 Å². The lowest BCUT2D eigenvalue weighted by molar-refractivity contribution is 0.152. The first-order chi connectivity index (χ1) is 16.9. The molecule has 7 rings (SSSR count). The smallest absolute Gasteiger partial charge is 0.231 e. The van der Waals surface area contributed by atoms with Crippen LogP contribution in [-0.2, 0) is 13.1 Å². The zero-order chi connectivity index (χ0) is 23.8. The number of fused-ring (bicyclic) bond motifs is 3. The highest BCUT2D eigenvalue weighted by Gasteiger charge is 2.54. The summed E-state index contributed by atoms with van der Waals surface area (Å²) in [6.07, 6.45) is 2.89. The van der Waals surface area contributed by atoms with Crippen molar-refractivity contribution in [3.63, 3.8) is 0 Å². The molecule has 1 aromatic carbocycles. The standard InChI is InChI=1S/C24H23ClFN9/c25-17-1-2-19-16(7-17)9-32(15-24(26)4-5-24)10-20-30-31-22(35(19)20)34-13-23(14-34)11-33(12-23)21-28-6-3-18(8-27)29-21/h1-3,6-7H,4-5,9-15H2. The van der Waals surface area contributed by atoms with E-state index in [1.165, 1.54) is 0 Å². The molecule has 2 aromatic heterocycles. The Balaban J connectivity index is 1.12. The van der Waals surface area contributed by atoms with E-state index in [0.29, 0.717) is 49.1 Å². The highest BCUT2D eigenvalue weighted by Crippen LogP contribution is 2.44. The topological polar surface area (TPSA) is 90.0 Å². The molecule has 11 heteroatoms. The van der Waals surface area contributed by atoms with Crippen LogP contribution in [0.5, 0.6) is 0 Å². The number of hydrogen-bond acceptors (Lipinski definition) is 8. The molecule has 9 nitrogen and oxygen atoms in total. The van der Waals surface area contributed by atoms with Gasteiger partial charge in [-0.1, -0.05) is 11.6 Å². The van der Waals surface area contributed by atoms with Crippen LogP contribution in [0.2, 0.25) is 5.02 Å². The zero-order valence-corrected chi connectivity index (χ0v) is 19.8. The van der Waals surface area contributed by atoms with Crippen molar-refractivity contribution in [3.05, 3.63) is 52.6 Å². The van der Waals surface area contributed by atoms with E-state index in [9.17, 15) is 4.39 Å². The second kappa shape index (κ2) is 7.35. The Hall–Kier alpha value is -3.29. The minimum atomic E-state index is -1.08. The van der Waals surface area contributed by atoms with E-state index in [-0.39, 0.29) is 5.41 Å². The lowest BCUT2D eigenvalue weighted by Gasteiger charge is -2.60. The van der Waals surface area contributed by atoms with E-state index in [1.807, 2.05) is 18.2 Å². The Morgan fingerprint density at radius 1 is 1.06 bits per heavy atom. The van der Waals surface area contributed by atoms with Crippen molar-refractivity contribution in [1.29, 1.82) is 5.26 Å². The van der Waals surface area contributed by atoms with E-state index < -0.39 is 5.67 Å². The summed E-state index contributed by atoms with van der Waals surface area (Å²) in [6.45, 7) is 4.99. The molecule has 35 heavy (non-hydrogen) atoms. The molecule has 0 unspecified atom stereocenters. The number of halogens is 2. The van der Waals surface area contributed by atoms with Gasteiger partial charge in [0.1, 0.15) is 17.4 Å². The average Bonchev–Trinajstić information content (AvgIpc) is 3.42. The Morgan fingerprint density at radius 2 is 1.86 bits per heavy atom. The van der Waals surface area contributed by atoms with Crippen LogP contribution in [0.25, 0.3) is 5.69 Å². The first kappa shape index (κ1) is 21.0. The van der Waals surface area contributed by atoms with Crippen LogP contribution in [0.3, 0.4) is 0 Å². The number of anilines is 2. The van der Waals surface area contributed by atoms with Gasteiger partial charge < -0.3 is 9.80 Å². The molecule has 4 aliphatic rings. The van der Waals surface area contributed by atoms with Gasteiger partial charge in [0, 0.05) is 55.9 Å². The molecule has 3 aliphatic heterocycles. The molecule has 0 bridgehead atoms. The summed E-state index contributed by atoms with van der Waals surface area (Å²) in [5, 5.41) is 18.9. The van der Waals surface area contributed by atoms with E-state index in [2.05, 4.69) is 45.5 Å². The predicted octanol–water partition coefficient (Wildman–Crippen LogP) is 2.73. The fraction of sp³-hybridized carbons (Fsp3) is 0.458. The number of aromatic nitrogens is 5. The molecule has 5 heterocycles. The first-order valence-electron chi connectivity index (χ1n) is 11.8. The number of benzene rings is 1. The van der Waals surface area contributed by atoms with Gasteiger partial charge in [0.2, 0.25) is 11.9 Å². The number of hydrogen-bond donors (Lipinski definition) is 0. The Kier molecular flexibility index (Phi) is 4.42. The van der Waals surface area contributed by atoms with Crippen LogP contribution in [0.4, 0.5) is 16.3 Å². The zero-order valence-electron chi connectivity index (χ0n) is 19.0. The van der Waals surface area contributed by atoms with E-state index in [4.69, 9.17) is 16.9 Å². The van der Waals surface area contributed by atoms with Gasteiger partial charge in [-0.15, -0.1) is 10.2 Å². The van der Waals surface area contributed by atoms with Crippen LogP contribution in [0, 0.1) is 16.7 Å². The molecular weight excluding hydrogens is 469 g/mol. The minimum Gasteiger partial charge on any atom is -0.339 e. The van der Waals surface area contributed by atoms with Crippen LogP contribution >= 0.6 is 11.6 Å². The predicted molar refractivity (Wildman–Crippen MR) is 127 cm³/mol. The summed E-state index contributed by atoms with van der Waals surface area (Å²) in [5.74, 6) is 2.25. The van der Waals surface area contributed by atoms with Crippen molar-refractivity contribution in [3.8, 4) is 11.8 Å². The van der Waals surface area contributed by atoms with Gasteiger partial charge in [-0.05, 0) is 42.7 Å². The van der Waals surface area contributed by atoms with Gasteiger partial charge in [0.15, 0.2) is 5.82 Å². The van der Waals surface area contributed by atoms with Crippen LogP contribution in [-0.4, -0.2) is 68.0 Å². The normalized spacial score (nSPS) is 21.4. The molecule has 0 N–H and O–H groups in total. The maximum Gasteiger partial charge on any atom is 0.231 e. The Bertz CT molecular complexity index is 1360. The molecule has 3 aromatic rings. The van der Waals surface area contributed by atoms with Crippen molar-refractivity contribution < 1.29 is 4.39 Å². The monoisotopic (exact) mass is 491 g/mol. The fourth-order valence-corrected chi connectivity index (χ4v) is 5.83. The molecule has 2 saturated heterocycles. The SMILES string of the molecule is N#Cc1ccnc(N2CC3(C2)CN(c2nnc4n2-c2ccc(Cl)cc2CN(CC2(F)CC2)C4)C3)n1. The maximum atomic E-state index is 14.6. The molecule has 1 saturated carbocycles.